The second-order valence-corrected chi connectivity index (χ2v) is 4.56. The van der Waals surface area contributed by atoms with Crippen LogP contribution in [0.15, 0.2) is 12.5 Å². The second kappa shape index (κ2) is 2.92. The van der Waals surface area contributed by atoms with Crippen LogP contribution in [0.1, 0.15) is 20.8 Å². The van der Waals surface area contributed by atoms with Gasteiger partial charge in [-0.1, -0.05) is 11.6 Å². The molecular formula is C9H11ClN4. The lowest BCUT2D eigenvalue weighted by molar-refractivity contribution is 0.405. The summed E-state index contributed by atoms with van der Waals surface area (Å²) < 4.78 is 1.96. The zero-order chi connectivity index (χ0) is 10.3. The van der Waals surface area contributed by atoms with Crippen LogP contribution in [0.3, 0.4) is 0 Å². The topological polar surface area (TPSA) is 43.6 Å². The molecule has 74 valence electrons. The van der Waals surface area contributed by atoms with E-state index in [1.54, 1.807) is 6.33 Å². The van der Waals surface area contributed by atoms with Crippen LogP contribution < -0.4 is 0 Å². The van der Waals surface area contributed by atoms with Crippen molar-refractivity contribution in [3.63, 3.8) is 0 Å². The van der Waals surface area contributed by atoms with E-state index in [9.17, 15) is 0 Å². The van der Waals surface area contributed by atoms with Crippen LogP contribution in [0.2, 0.25) is 5.02 Å². The monoisotopic (exact) mass is 210 g/mol. The molecule has 0 radical (unpaired) electrons. The fourth-order valence-corrected chi connectivity index (χ4v) is 1.47. The third kappa shape index (κ3) is 1.35. The molecule has 14 heavy (non-hydrogen) atoms. The Morgan fingerprint density at radius 1 is 1.36 bits per heavy atom. The molecule has 0 N–H and O–H groups in total. The molecule has 0 unspecified atom stereocenters. The molecule has 2 rings (SSSR count). The molecule has 0 aromatic carbocycles. The number of hydrogen-bond acceptors (Lipinski definition) is 3. The van der Waals surface area contributed by atoms with Crippen molar-refractivity contribution in [1.29, 1.82) is 0 Å². The zero-order valence-corrected chi connectivity index (χ0v) is 9.08. The number of halogens is 1. The number of imidazole rings is 1. The third-order valence-electron chi connectivity index (χ3n) is 2.01. The molecule has 5 heteroatoms. The average molecular weight is 211 g/mol. The summed E-state index contributed by atoms with van der Waals surface area (Å²) in [6.45, 7) is 6.24. The molecule has 0 atom stereocenters. The maximum atomic E-state index is 5.94. The molecule has 2 aromatic rings. The second-order valence-electron chi connectivity index (χ2n) is 4.15. The van der Waals surface area contributed by atoms with Crippen molar-refractivity contribution in [2.45, 2.75) is 26.3 Å². The summed E-state index contributed by atoms with van der Waals surface area (Å²) in [6.07, 6.45) is 3.25. The van der Waals surface area contributed by atoms with Gasteiger partial charge in [0.05, 0.1) is 17.5 Å². The van der Waals surface area contributed by atoms with Gasteiger partial charge in [0.25, 0.3) is 0 Å². The fraction of sp³-hybridized carbons (Fsp3) is 0.444. The highest BCUT2D eigenvalue weighted by Gasteiger charge is 2.18. The minimum atomic E-state index is -0.0614. The normalized spacial score (nSPS) is 12.3. The molecule has 0 saturated carbocycles. The molecule has 0 saturated heterocycles. The summed E-state index contributed by atoms with van der Waals surface area (Å²) in [5.74, 6) is 0. The Balaban J connectivity index is 2.76. The Hall–Kier alpha value is -1.16. The smallest absolute Gasteiger partial charge is 0.184 e. The van der Waals surface area contributed by atoms with E-state index < -0.39 is 0 Å². The lowest BCUT2D eigenvalue weighted by Gasteiger charge is -2.20. The van der Waals surface area contributed by atoms with Crippen molar-refractivity contribution in [2.24, 2.45) is 0 Å². The summed E-state index contributed by atoms with van der Waals surface area (Å²) in [5, 5.41) is 8.39. The largest absolute Gasteiger partial charge is 0.308 e. The van der Waals surface area contributed by atoms with Crippen molar-refractivity contribution < 1.29 is 0 Å². The lowest BCUT2D eigenvalue weighted by Crippen LogP contribution is -2.21. The third-order valence-corrected chi connectivity index (χ3v) is 2.29. The molecule has 0 aliphatic carbocycles. The van der Waals surface area contributed by atoms with Gasteiger partial charge >= 0.3 is 0 Å². The summed E-state index contributed by atoms with van der Waals surface area (Å²) >= 11 is 5.94. The number of fused-ring (bicyclic) bond motifs is 1. The molecule has 0 aliphatic rings. The van der Waals surface area contributed by atoms with Crippen LogP contribution in [0, 0.1) is 0 Å². The SMILES string of the molecule is CC(C)(C)n1cnc2c(Cl)cnnc21. The molecule has 0 aliphatic heterocycles. The Morgan fingerprint density at radius 2 is 2.07 bits per heavy atom. The van der Waals surface area contributed by atoms with Gasteiger partial charge in [0.2, 0.25) is 0 Å². The summed E-state index contributed by atoms with van der Waals surface area (Å²) in [7, 11) is 0. The van der Waals surface area contributed by atoms with Gasteiger partial charge in [0, 0.05) is 5.54 Å². The zero-order valence-electron chi connectivity index (χ0n) is 8.32. The van der Waals surface area contributed by atoms with Crippen molar-refractivity contribution >= 4 is 22.8 Å². The summed E-state index contributed by atoms with van der Waals surface area (Å²) in [4.78, 5) is 4.21. The van der Waals surface area contributed by atoms with E-state index in [1.165, 1.54) is 6.20 Å². The molecule has 2 aromatic heterocycles. The first-order chi connectivity index (χ1) is 6.50. The molecular weight excluding hydrogens is 200 g/mol. The predicted octanol–water partition coefficient (Wildman–Crippen LogP) is 2.23. The van der Waals surface area contributed by atoms with E-state index in [0.717, 1.165) is 5.65 Å². The molecule has 0 spiro atoms. The van der Waals surface area contributed by atoms with E-state index in [4.69, 9.17) is 11.6 Å². The molecule has 0 amide bonds. The fourth-order valence-electron chi connectivity index (χ4n) is 1.29. The van der Waals surface area contributed by atoms with Crippen LogP contribution in [-0.2, 0) is 5.54 Å². The molecule has 4 nitrogen and oxygen atoms in total. The maximum absolute atomic E-state index is 5.94. The summed E-state index contributed by atoms with van der Waals surface area (Å²) in [5.41, 5.74) is 1.37. The van der Waals surface area contributed by atoms with Gasteiger partial charge in [-0.15, -0.1) is 5.10 Å². The van der Waals surface area contributed by atoms with Crippen LogP contribution >= 0.6 is 11.6 Å². The highest BCUT2D eigenvalue weighted by molar-refractivity contribution is 6.34. The Kier molecular flexibility index (Phi) is 1.96. The maximum Gasteiger partial charge on any atom is 0.184 e. The highest BCUT2D eigenvalue weighted by Crippen LogP contribution is 2.23. The Morgan fingerprint density at radius 3 is 2.71 bits per heavy atom. The summed E-state index contributed by atoms with van der Waals surface area (Å²) in [6, 6.07) is 0. The number of aromatic nitrogens is 4. The molecule has 2 heterocycles. The first-order valence-electron chi connectivity index (χ1n) is 4.35. The Bertz CT molecular complexity index is 469. The van der Waals surface area contributed by atoms with E-state index >= 15 is 0 Å². The van der Waals surface area contributed by atoms with Gasteiger partial charge in [-0.2, -0.15) is 5.10 Å². The van der Waals surface area contributed by atoms with Crippen LogP contribution in [0.5, 0.6) is 0 Å². The predicted molar refractivity (Wildman–Crippen MR) is 55.3 cm³/mol. The van der Waals surface area contributed by atoms with Gasteiger partial charge in [-0.25, -0.2) is 4.98 Å². The Labute approximate surface area is 86.9 Å². The van der Waals surface area contributed by atoms with Crippen molar-refractivity contribution in [1.82, 2.24) is 19.7 Å². The number of hydrogen-bond donors (Lipinski definition) is 0. The van der Waals surface area contributed by atoms with Crippen molar-refractivity contribution in [3.05, 3.63) is 17.5 Å². The van der Waals surface area contributed by atoms with Crippen molar-refractivity contribution in [2.75, 3.05) is 0 Å². The average Bonchev–Trinajstić information content (AvgIpc) is 2.47. The first kappa shape index (κ1) is 9.40. The first-order valence-corrected chi connectivity index (χ1v) is 4.72. The minimum absolute atomic E-state index is 0.0614. The lowest BCUT2D eigenvalue weighted by atomic mass is 10.1. The number of nitrogens with zero attached hydrogens (tertiary/aromatic N) is 4. The van der Waals surface area contributed by atoms with Gasteiger partial charge in [-0.05, 0) is 20.8 Å². The van der Waals surface area contributed by atoms with E-state index in [-0.39, 0.29) is 5.54 Å². The minimum Gasteiger partial charge on any atom is -0.308 e. The standard InChI is InChI=1S/C9H11ClN4/c1-9(2,3)14-5-11-7-6(10)4-12-13-8(7)14/h4-5H,1-3H3. The number of rotatable bonds is 0. The van der Waals surface area contributed by atoms with Crippen LogP contribution in [0.25, 0.3) is 11.2 Å². The van der Waals surface area contributed by atoms with E-state index in [0.29, 0.717) is 10.5 Å². The highest BCUT2D eigenvalue weighted by atomic mass is 35.5. The van der Waals surface area contributed by atoms with Crippen molar-refractivity contribution in [3.8, 4) is 0 Å². The van der Waals surface area contributed by atoms with Gasteiger partial charge < -0.3 is 4.57 Å². The van der Waals surface area contributed by atoms with Gasteiger partial charge in [0.15, 0.2) is 5.65 Å². The quantitative estimate of drug-likeness (QED) is 0.670. The van der Waals surface area contributed by atoms with Crippen LogP contribution in [-0.4, -0.2) is 19.7 Å². The van der Waals surface area contributed by atoms with Gasteiger partial charge in [0.1, 0.15) is 5.52 Å². The van der Waals surface area contributed by atoms with Gasteiger partial charge in [-0.3, -0.25) is 0 Å². The molecule has 0 bridgehead atoms. The van der Waals surface area contributed by atoms with E-state index in [2.05, 4.69) is 36.0 Å². The van der Waals surface area contributed by atoms with Crippen LogP contribution in [0.4, 0.5) is 0 Å². The molecule has 0 fully saturated rings. The van der Waals surface area contributed by atoms with E-state index in [1.807, 2.05) is 4.57 Å².